The Balaban J connectivity index is 2.63. The molecule has 0 N–H and O–H groups in total. The topological polar surface area (TPSA) is 13.1 Å². The summed E-state index contributed by atoms with van der Waals surface area (Å²) < 4.78 is 5.82. The van der Waals surface area contributed by atoms with E-state index in [1.807, 2.05) is 6.26 Å². The van der Waals surface area contributed by atoms with E-state index in [2.05, 4.69) is 41.5 Å². The van der Waals surface area contributed by atoms with Crippen LogP contribution in [0.4, 0.5) is 0 Å². The normalized spacial score (nSPS) is 22.1. The van der Waals surface area contributed by atoms with Crippen molar-refractivity contribution in [1.82, 2.24) is 0 Å². The first-order valence-corrected chi connectivity index (χ1v) is 5.88. The van der Waals surface area contributed by atoms with Crippen LogP contribution in [0, 0.1) is 0 Å². The number of furan rings is 1. The van der Waals surface area contributed by atoms with Crippen LogP contribution < -0.4 is 0 Å². The fraction of sp³-hybridized carbons (Fsp3) is 0.714. The minimum atomic E-state index is 0.200. The van der Waals surface area contributed by atoms with Crippen molar-refractivity contribution in [1.29, 1.82) is 0 Å². The molecule has 15 heavy (non-hydrogen) atoms. The van der Waals surface area contributed by atoms with E-state index in [9.17, 15) is 0 Å². The van der Waals surface area contributed by atoms with Gasteiger partial charge < -0.3 is 4.42 Å². The van der Waals surface area contributed by atoms with Crippen LogP contribution in [0.5, 0.6) is 0 Å². The minimum Gasteiger partial charge on any atom is -0.468 e. The Labute approximate surface area is 92.9 Å². The van der Waals surface area contributed by atoms with Gasteiger partial charge in [0.25, 0.3) is 0 Å². The van der Waals surface area contributed by atoms with Gasteiger partial charge in [0.1, 0.15) is 5.76 Å². The third kappa shape index (κ3) is 1.44. The van der Waals surface area contributed by atoms with E-state index in [1.165, 1.54) is 23.3 Å². The van der Waals surface area contributed by atoms with Crippen molar-refractivity contribution in [2.45, 2.75) is 64.7 Å². The molecule has 0 unspecified atom stereocenters. The maximum absolute atomic E-state index is 5.82. The first-order valence-electron chi connectivity index (χ1n) is 5.88. The van der Waals surface area contributed by atoms with Gasteiger partial charge in [-0.05, 0) is 23.3 Å². The number of fused-ring (bicyclic) bond motifs is 1. The van der Waals surface area contributed by atoms with Gasteiger partial charge in [0.2, 0.25) is 0 Å². The Bertz CT molecular complexity index is 380. The SMILES string of the molecule is CC(C)c1coc2c1C(C)(C)CC2(C)C. The van der Waals surface area contributed by atoms with Crippen LogP contribution in [0.2, 0.25) is 0 Å². The lowest BCUT2D eigenvalue weighted by molar-refractivity contribution is 0.349. The highest BCUT2D eigenvalue weighted by Gasteiger charge is 2.46. The molecule has 1 aromatic heterocycles. The second kappa shape index (κ2) is 2.90. The third-order valence-electron chi connectivity index (χ3n) is 3.62. The first-order chi connectivity index (χ1) is 6.76. The van der Waals surface area contributed by atoms with Crippen molar-refractivity contribution >= 4 is 0 Å². The molecule has 1 heteroatoms. The number of rotatable bonds is 1. The zero-order chi connectivity index (χ0) is 11.4. The van der Waals surface area contributed by atoms with E-state index < -0.39 is 0 Å². The van der Waals surface area contributed by atoms with Crippen LogP contribution in [-0.4, -0.2) is 0 Å². The largest absolute Gasteiger partial charge is 0.468 e. The zero-order valence-electron chi connectivity index (χ0n) is 10.8. The summed E-state index contributed by atoms with van der Waals surface area (Å²) in [5, 5.41) is 0. The molecule has 0 spiro atoms. The molecule has 0 aliphatic heterocycles. The summed E-state index contributed by atoms with van der Waals surface area (Å²) in [6.45, 7) is 13.7. The molecule has 1 heterocycles. The Morgan fingerprint density at radius 2 is 1.73 bits per heavy atom. The summed E-state index contributed by atoms with van der Waals surface area (Å²) in [5.74, 6) is 1.78. The lowest BCUT2D eigenvalue weighted by atomic mass is 9.80. The van der Waals surface area contributed by atoms with Gasteiger partial charge in [-0.1, -0.05) is 41.5 Å². The molecular formula is C14H22O. The van der Waals surface area contributed by atoms with Crippen molar-refractivity contribution in [3.63, 3.8) is 0 Å². The van der Waals surface area contributed by atoms with E-state index in [0.29, 0.717) is 5.92 Å². The van der Waals surface area contributed by atoms with Crippen LogP contribution in [-0.2, 0) is 10.8 Å². The van der Waals surface area contributed by atoms with Crippen molar-refractivity contribution in [3.8, 4) is 0 Å². The molecule has 2 rings (SSSR count). The molecule has 0 atom stereocenters. The highest BCUT2D eigenvalue weighted by molar-refractivity contribution is 5.45. The van der Waals surface area contributed by atoms with Gasteiger partial charge in [0.15, 0.2) is 0 Å². The van der Waals surface area contributed by atoms with Gasteiger partial charge >= 0.3 is 0 Å². The van der Waals surface area contributed by atoms with E-state index in [-0.39, 0.29) is 10.8 Å². The standard InChI is InChI=1S/C14H22O/c1-9(2)10-7-15-12-11(10)13(3,4)8-14(12,5)6/h7,9H,8H2,1-6H3. The Kier molecular flexibility index (Phi) is 2.09. The Morgan fingerprint density at radius 1 is 1.13 bits per heavy atom. The van der Waals surface area contributed by atoms with E-state index in [4.69, 9.17) is 4.42 Å². The molecular weight excluding hydrogens is 184 g/mol. The maximum Gasteiger partial charge on any atom is 0.113 e. The zero-order valence-corrected chi connectivity index (χ0v) is 10.8. The molecule has 0 radical (unpaired) electrons. The van der Waals surface area contributed by atoms with E-state index in [1.54, 1.807) is 0 Å². The Hall–Kier alpha value is -0.720. The maximum atomic E-state index is 5.82. The molecule has 1 aliphatic rings. The van der Waals surface area contributed by atoms with Gasteiger partial charge in [0, 0.05) is 11.0 Å². The summed E-state index contributed by atoms with van der Waals surface area (Å²) in [7, 11) is 0. The van der Waals surface area contributed by atoms with Crippen LogP contribution in [0.15, 0.2) is 10.7 Å². The molecule has 1 aliphatic carbocycles. The van der Waals surface area contributed by atoms with Crippen LogP contribution in [0.1, 0.15) is 70.8 Å². The summed E-state index contributed by atoms with van der Waals surface area (Å²) >= 11 is 0. The monoisotopic (exact) mass is 206 g/mol. The van der Waals surface area contributed by atoms with Gasteiger partial charge in [-0.2, -0.15) is 0 Å². The number of hydrogen-bond donors (Lipinski definition) is 0. The molecule has 1 aromatic rings. The highest BCUT2D eigenvalue weighted by atomic mass is 16.3. The molecule has 84 valence electrons. The van der Waals surface area contributed by atoms with E-state index in [0.717, 1.165) is 0 Å². The second-order valence-electron chi connectivity index (χ2n) is 6.49. The summed E-state index contributed by atoms with van der Waals surface area (Å²) in [6, 6.07) is 0. The summed E-state index contributed by atoms with van der Waals surface area (Å²) in [5.41, 5.74) is 3.35. The van der Waals surface area contributed by atoms with Crippen molar-refractivity contribution in [3.05, 3.63) is 23.2 Å². The number of hydrogen-bond acceptors (Lipinski definition) is 1. The quantitative estimate of drug-likeness (QED) is 0.665. The fourth-order valence-electron chi connectivity index (χ4n) is 3.27. The van der Waals surface area contributed by atoms with Crippen molar-refractivity contribution in [2.75, 3.05) is 0 Å². The third-order valence-corrected chi connectivity index (χ3v) is 3.62. The summed E-state index contributed by atoms with van der Waals surface area (Å²) in [4.78, 5) is 0. The molecule has 0 aromatic carbocycles. The molecule has 0 amide bonds. The predicted molar refractivity (Wildman–Crippen MR) is 63.5 cm³/mol. The lowest BCUT2D eigenvalue weighted by Gasteiger charge is -2.23. The predicted octanol–water partition coefficient (Wildman–Crippen LogP) is 4.36. The lowest BCUT2D eigenvalue weighted by Crippen LogP contribution is -2.19. The van der Waals surface area contributed by atoms with E-state index >= 15 is 0 Å². The van der Waals surface area contributed by atoms with Crippen molar-refractivity contribution < 1.29 is 4.42 Å². The molecule has 0 bridgehead atoms. The van der Waals surface area contributed by atoms with Gasteiger partial charge in [0.05, 0.1) is 6.26 Å². The van der Waals surface area contributed by atoms with Gasteiger partial charge in [-0.15, -0.1) is 0 Å². The fourth-order valence-corrected chi connectivity index (χ4v) is 3.27. The van der Waals surface area contributed by atoms with Crippen LogP contribution in [0.3, 0.4) is 0 Å². The average molecular weight is 206 g/mol. The van der Waals surface area contributed by atoms with Crippen LogP contribution >= 0.6 is 0 Å². The van der Waals surface area contributed by atoms with Crippen molar-refractivity contribution in [2.24, 2.45) is 0 Å². The summed E-state index contributed by atoms with van der Waals surface area (Å²) in [6.07, 6.45) is 3.16. The van der Waals surface area contributed by atoms with Gasteiger partial charge in [-0.25, -0.2) is 0 Å². The second-order valence-corrected chi connectivity index (χ2v) is 6.49. The molecule has 0 saturated heterocycles. The molecule has 0 fully saturated rings. The molecule has 0 saturated carbocycles. The molecule has 1 nitrogen and oxygen atoms in total. The smallest absolute Gasteiger partial charge is 0.113 e. The Morgan fingerprint density at radius 3 is 2.27 bits per heavy atom. The highest BCUT2D eigenvalue weighted by Crippen LogP contribution is 2.52. The average Bonchev–Trinajstić information content (AvgIpc) is 2.50. The first kappa shape index (κ1) is 10.8. The van der Waals surface area contributed by atoms with Gasteiger partial charge in [-0.3, -0.25) is 0 Å². The minimum absolute atomic E-state index is 0.200. The van der Waals surface area contributed by atoms with Crippen LogP contribution in [0.25, 0.3) is 0 Å².